The highest BCUT2D eigenvalue weighted by Gasteiger charge is 2.17. The first-order valence-corrected chi connectivity index (χ1v) is 6.87. The number of halogens is 1. The van der Waals surface area contributed by atoms with Crippen LogP contribution in [0.15, 0.2) is 28.7 Å². The molecule has 0 unspecified atom stereocenters. The molecule has 0 atom stereocenters. The van der Waals surface area contributed by atoms with E-state index in [-0.39, 0.29) is 5.97 Å². The monoisotopic (exact) mass is 337 g/mol. The van der Waals surface area contributed by atoms with Gasteiger partial charge in [0.15, 0.2) is 0 Å². The van der Waals surface area contributed by atoms with E-state index in [0.29, 0.717) is 5.69 Å². The van der Waals surface area contributed by atoms with Crippen LogP contribution in [0.5, 0.6) is 5.75 Å². The molecule has 0 aliphatic carbocycles. The second-order valence-electron chi connectivity index (χ2n) is 4.46. The minimum Gasteiger partial charge on any atom is -0.496 e. The molecule has 2 aromatic rings. The van der Waals surface area contributed by atoms with Gasteiger partial charge in [0.2, 0.25) is 0 Å². The number of aromatic nitrogens is 1. The lowest BCUT2D eigenvalue weighted by Crippen LogP contribution is -2.08. The number of aryl methyl sites for hydroxylation is 1. The van der Waals surface area contributed by atoms with Gasteiger partial charge in [-0.1, -0.05) is 0 Å². The lowest BCUT2D eigenvalue weighted by molar-refractivity contribution is 0.0590. The van der Waals surface area contributed by atoms with E-state index in [1.54, 1.807) is 7.11 Å². The molecule has 106 valence electrons. The third-order valence-corrected chi connectivity index (χ3v) is 3.86. The van der Waals surface area contributed by atoms with Crippen molar-refractivity contribution in [2.24, 2.45) is 7.05 Å². The lowest BCUT2D eigenvalue weighted by atomic mass is 10.1. The molecule has 20 heavy (non-hydrogen) atoms. The topological polar surface area (TPSA) is 40.5 Å². The van der Waals surface area contributed by atoms with Crippen molar-refractivity contribution in [3.63, 3.8) is 0 Å². The zero-order chi connectivity index (χ0) is 14.9. The second-order valence-corrected chi connectivity index (χ2v) is 5.32. The maximum atomic E-state index is 11.7. The van der Waals surface area contributed by atoms with E-state index >= 15 is 0 Å². The van der Waals surface area contributed by atoms with Crippen molar-refractivity contribution in [2.45, 2.75) is 6.92 Å². The van der Waals surface area contributed by atoms with Gasteiger partial charge in [0.25, 0.3) is 0 Å². The van der Waals surface area contributed by atoms with E-state index in [1.807, 2.05) is 42.8 Å². The van der Waals surface area contributed by atoms with Gasteiger partial charge in [0.05, 0.1) is 24.4 Å². The molecule has 1 aromatic carbocycles. The quantitative estimate of drug-likeness (QED) is 0.804. The summed E-state index contributed by atoms with van der Waals surface area (Å²) in [5.41, 5.74) is 3.54. The van der Waals surface area contributed by atoms with Gasteiger partial charge >= 0.3 is 5.97 Å². The van der Waals surface area contributed by atoms with E-state index in [0.717, 1.165) is 27.0 Å². The van der Waals surface area contributed by atoms with Crippen molar-refractivity contribution in [2.75, 3.05) is 14.2 Å². The summed E-state index contributed by atoms with van der Waals surface area (Å²) < 4.78 is 12.7. The fraction of sp³-hybridized carbons (Fsp3) is 0.267. The zero-order valence-electron chi connectivity index (χ0n) is 11.9. The van der Waals surface area contributed by atoms with Gasteiger partial charge in [-0.25, -0.2) is 4.79 Å². The Morgan fingerprint density at radius 2 is 1.95 bits per heavy atom. The van der Waals surface area contributed by atoms with Crippen LogP contribution in [-0.4, -0.2) is 24.8 Å². The summed E-state index contributed by atoms with van der Waals surface area (Å²) in [7, 11) is 4.87. The first kappa shape index (κ1) is 14.7. The molecule has 1 heterocycles. The molecule has 0 spiro atoms. The first-order chi connectivity index (χ1) is 9.49. The van der Waals surface area contributed by atoms with Gasteiger partial charge < -0.3 is 14.0 Å². The Bertz CT molecular complexity index is 661. The number of hydrogen-bond acceptors (Lipinski definition) is 3. The molecule has 0 N–H and O–H groups in total. The molecule has 0 bridgehead atoms. The summed E-state index contributed by atoms with van der Waals surface area (Å²) in [5.74, 6) is 0.434. The normalized spacial score (nSPS) is 10.4. The predicted octanol–water partition coefficient (Wildman–Crippen LogP) is 3.56. The van der Waals surface area contributed by atoms with Gasteiger partial charge in [-0.2, -0.15) is 0 Å². The predicted molar refractivity (Wildman–Crippen MR) is 81.2 cm³/mol. The number of methoxy groups -OCH3 is 2. The summed E-state index contributed by atoms with van der Waals surface area (Å²) >= 11 is 3.48. The van der Waals surface area contributed by atoms with Crippen molar-refractivity contribution in [1.29, 1.82) is 0 Å². The third-order valence-electron chi connectivity index (χ3n) is 3.24. The largest absolute Gasteiger partial charge is 0.496 e. The number of ether oxygens (including phenoxy) is 2. The number of carbonyl (C=O) groups is 1. The minimum absolute atomic E-state index is 0.338. The molecule has 0 aliphatic rings. The Balaban J connectivity index is 2.56. The van der Waals surface area contributed by atoms with Gasteiger partial charge in [-0.05, 0) is 58.2 Å². The molecule has 0 fully saturated rings. The summed E-state index contributed by atoms with van der Waals surface area (Å²) in [6.45, 7) is 1.97. The maximum Gasteiger partial charge on any atom is 0.354 e. The minimum atomic E-state index is -0.338. The van der Waals surface area contributed by atoms with E-state index in [9.17, 15) is 4.79 Å². The smallest absolute Gasteiger partial charge is 0.354 e. The van der Waals surface area contributed by atoms with Crippen LogP contribution in [-0.2, 0) is 11.8 Å². The summed E-state index contributed by atoms with van der Waals surface area (Å²) in [5, 5.41) is 0. The molecule has 0 amide bonds. The highest BCUT2D eigenvalue weighted by molar-refractivity contribution is 9.10. The molecule has 0 radical (unpaired) electrons. The van der Waals surface area contributed by atoms with Crippen molar-refractivity contribution < 1.29 is 14.3 Å². The van der Waals surface area contributed by atoms with Crippen molar-refractivity contribution >= 4 is 21.9 Å². The van der Waals surface area contributed by atoms with Crippen LogP contribution >= 0.6 is 15.9 Å². The summed E-state index contributed by atoms with van der Waals surface area (Å²) in [6, 6.07) is 7.66. The van der Waals surface area contributed by atoms with Crippen LogP contribution < -0.4 is 4.74 Å². The van der Waals surface area contributed by atoms with Crippen molar-refractivity contribution in [1.82, 2.24) is 4.57 Å². The number of carbonyl (C=O) groups excluding carboxylic acids is 1. The standard InChI is InChI=1S/C15H16BrNO3/c1-9-7-12(15(18)20-4)17(2)14(9)10-5-6-13(19-3)11(16)8-10/h5-8H,1-4H3. The van der Waals surface area contributed by atoms with E-state index in [4.69, 9.17) is 9.47 Å². The average molecular weight is 338 g/mol. The molecule has 0 saturated carbocycles. The van der Waals surface area contributed by atoms with Gasteiger partial charge in [0.1, 0.15) is 11.4 Å². The van der Waals surface area contributed by atoms with Gasteiger partial charge in [-0.3, -0.25) is 0 Å². The number of esters is 1. The maximum absolute atomic E-state index is 11.7. The number of hydrogen-bond donors (Lipinski definition) is 0. The van der Waals surface area contributed by atoms with Crippen LogP contribution in [0.4, 0.5) is 0 Å². The molecule has 5 heteroatoms. The van der Waals surface area contributed by atoms with Crippen LogP contribution in [0.25, 0.3) is 11.3 Å². The Hall–Kier alpha value is -1.75. The molecular weight excluding hydrogens is 322 g/mol. The van der Waals surface area contributed by atoms with Crippen LogP contribution in [0.1, 0.15) is 16.1 Å². The molecule has 4 nitrogen and oxygen atoms in total. The second kappa shape index (κ2) is 5.71. The van der Waals surface area contributed by atoms with Crippen LogP contribution in [0.3, 0.4) is 0 Å². The summed E-state index contributed by atoms with van der Waals surface area (Å²) in [6.07, 6.45) is 0. The number of benzene rings is 1. The number of nitrogens with zero attached hydrogens (tertiary/aromatic N) is 1. The fourth-order valence-corrected chi connectivity index (χ4v) is 2.83. The average Bonchev–Trinajstić information content (AvgIpc) is 2.73. The summed E-state index contributed by atoms with van der Waals surface area (Å²) in [4.78, 5) is 11.7. The van der Waals surface area contributed by atoms with E-state index in [1.165, 1.54) is 7.11 Å². The molecular formula is C15H16BrNO3. The van der Waals surface area contributed by atoms with Gasteiger partial charge in [-0.15, -0.1) is 0 Å². The van der Waals surface area contributed by atoms with Crippen LogP contribution in [0, 0.1) is 6.92 Å². The van der Waals surface area contributed by atoms with Crippen molar-refractivity contribution in [3.05, 3.63) is 40.0 Å². The van der Waals surface area contributed by atoms with E-state index in [2.05, 4.69) is 15.9 Å². The van der Waals surface area contributed by atoms with Crippen LogP contribution in [0.2, 0.25) is 0 Å². The SMILES string of the molecule is COC(=O)c1cc(C)c(-c2ccc(OC)c(Br)c2)n1C. The first-order valence-electron chi connectivity index (χ1n) is 6.08. The van der Waals surface area contributed by atoms with Crippen molar-refractivity contribution in [3.8, 4) is 17.0 Å². The Morgan fingerprint density at radius 1 is 1.25 bits per heavy atom. The Morgan fingerprint density at radius 3 is 2.50 bits per heavy atom. The number of rotatable bonds is 3. The Kier molecular flexibility index (Phi) is 4.18. The highest BCUT2D eigenvalue weighted by Crippen LogP contribution is 2.33. The fourth-order valence-electron chi connectivity index (χ4n) is 2.29. The molecule has 0 saturated heterocycles. The third kappa shape index (κ3) is 2.45. The molecule has 1 aromatic heterocycles. The van der Waals surface area contributed by atoms with E-state index < -0.39 is 0 Å². The van der Waals surface area contributed by atoms with Gasteiger partial charge in [0, 0.05) is 7.05 Å². The zero-order valence-corrected chi connectivity index (χ0v) is 13.4. The molecule has 0 aliphatic heterocycles. The highest BCUT2D eigenvalue weighted by atomic mass is 79.9. The Labute approximate surface area is 126 Å². The molecule has 2 rings (SSSR count). The lowest BCUT2D eigenvalue weighted by Gasteiger charge is -2.10.